The van der Waals surface area contributed by atoms with Gasteiger partial charge in [0, 0.05) is 24.2 Å². The van der Waals surface area contributed by atoms with E-state index in [0.29, 0.717) is 24.9 Å². The van der Waals surface area contributed by atoms with Crippen molar-refractivity contribution in [1.29, 1.82) is 0 Å². The van der Waals surface area contributed by atoms with Gasteiger partial charge in [0.1, 0.15) is 11.6 Å². The molecule has 5 nitrogen and oxygen atoms in total. The number of fused-ring (bicyclic) bond motifs is 1. The minimum absolute atomic E-state index is 0.191. The maximum absolute atomic E-state index is 13.7. The van der Waals surface area contributed by atoms with Crippen molar-refractivity contribution in [2.24, 2.45) is 10.7 Å². The van der Waals surface area contributed by atoms with E-state index in [1.54, 1.807) is 0 Å². The lowest BCUT2D eigenvalue weighted by atomic mass is 10.1. The Hall–Kier alpha value is -1.82. The summed E-state index contributed by atoms with van der Waals surface area (Å²) >= 11 is 0. The predicted molar refractivity (Wildman–Crippen MR) is 82.1 cm³/mol. The lowest BCUT2D eigenvalue weighted by Crippen LogP contribution is -2.38. The molecule has 0 aliphatic carbocycles. The summed E-state index contributed by atoms with van der Waals surface area (Å²) in [5.74, 6) is 0.915. The lowest BCUT2D eigenvalue weighted by Gasteiger charge is -2.22. The van der Waals surface area contributed by atoms with Crippen molar-refractivity contribution in [3.8, 4) is 5.75 Å². The van der Waals surface area contributed by atoms with E-state index < -0.39 is 0 Å². The highest BCUT2D eigenvalue weighted by Gasteiger charge is 2.17. The molecule has 2 aliphatic rings. The van der Waals surface area contributed by atoms with E-state index in [4.69, 9.17) is 15.2 Å². The Labute approximate surface area is 129 Å². The van der Waals surface area contributed by atoms with Crippen LogP contribution in [-0.2, 0) is 17.9 Å². The molecule has 1 aromatic rings. The molecule has 1 saturated heterocycles. The average molecular weight is 307 g/mol. The van der Waals surface area contributed by atoms with Crippen LogP contribution >= 0.6 is 0 Å². The van der Waals surface area contributed by atoms with Crippen molar-refractivity contribution in [3.05, 3.63) is 29.1 Å². The molecule has 1 fully saturated rings. The van der Waals surface area contributed by atoms with Crippen LogP contribution in [0.2, 0.25) is 0 Å². The lowest BCUT2D eigenvalue weighted by molar-refractivity contribution is -0.0172. The van der Waals surface area contributed by atoms with Crippen molar-refractivity contribution < 1.29 is 13.9 Å². The third-order valence-electron chi connectivity index (χ3n) is 4.09. The topological polar surface area (TPSA) is 60.1 Å². The molecule has 0 spiro atoms. The number of hydrogen-bond acceptors (Lipinski definition) is 3. The number of hydrogen-bond donors (Lipinski definition) is 1. The molecule has 0 bridgehead atoms. The van der Waals surface area contributed by atoms with Gasteiger partial charge in [-0.05, 0) is 25.0 Å². The van der Waals surface area contributed by atoms with Gasteiger partial charge in [-0.15, -0.1) is 0 Å². The minimum Gasteiger partial charge on any atom is -0.467 e. The maximum Gasteiger partial charge on any atom is 0.191 e. The Morgan fingerprint density at radius 2 is 2.00 bits per heavy atom. The second kappa shape index (κ2) is 6.96. The summed E-state index contributed by atoms with van der Waals surface area (Å²) in [6.07, 6.45) is 4.78. The Morgan fingerprint density at radius 1 is 1.23 bits per heavy atom. The largest absolute Gasteiger partial charge is 0.467 e. The molecule has 0 amide bonds. The standard InChI is InChI=1S/C16H22FN3O2/c17-14-7-12(15-13(8-14)10-21-11-22-15)9-19-16(18)20-5-3-1-2-4-6-20/h7-8H,1-6,9-11H2,(H2,18,19). The second-order valence-electron chi connectivity index (χ2n) is 5.74. The van der Waals surface area contributed by atoms with Crippen molar-refractivity contribution >= 4 is 5.96 Å². The summed E-state index contributed by atoms with van der Waals surface area (Å²) in [7, 11) is 0. The number of halogens is 1. The Bertz CT molecular complexity index is 555. The number of likely N-dealkylation sites (tertiary alicyclic amines) is 1. The van der Waals surface area contributed by atoms with E-state index in [-0.39, 0.29) is 12.6 Å². The number of guanidine groups is 1. The number of benzene rings is 1. The van der Waals surface area contributed by atoms with Crippen LogP contribution < -0.4 is 10.5 Å². The van der Waals surface area contributed by atoms with E-state index in [1.165, 1.54) is 25.0 Å². The van der Waals surface area contributed by atoms with Crippen molar-refractivity contribution in [1.82, 2.24) is 4.90 Å². The molecule has 2 heterocycles. The van der Waals surface area contributed by atoms with Gasteiger partial charge in [-0.2, -0.15) is 0 Å². The quantitative estimate of drug-likeness (QED) is 0.673. The van der Waals surface area contributed by atoms with Gasteiger partial charge < -0.3 is 20.1 Å². The SMILES string of the molecule is NC(=NCc1cc(F)cc2c1OCOC2)N1CCCCCC1. The summed E-state index contributed by atoms with van der Waals surface area (Å²) in [5.41, 5.74) is 7.54. The molecular formula is C16H22FN3O2. The summed E-state index contributed by atoms with van der Waals surface area (Å²) in [5, 5.41) is 0. The molecule has 2 aliphatic heterocycles. The number of ether oxygens (including phenoxy) is 2. The zero-order chi connectivity index (χ0) is 15.4. The van der Waals surface area contributed by atoms with Crippen LogP contribution in [0, 0.1) is 5.82 Å². The summed E-state index contributed by atoms with van der Waals surface area (Å²) in [4.78, 5) is 6.56. The average Bonchev–Trinajstić information content (AvgIpc) is 2.81. The van der Waals surface area contributed by atoms with E-state index in [0.717, 1.165) is 37.1 Å². The molecule has 3 rings (SSSR count). The first kappa shape index (κ1) is 15.1. The van der Waals surface area contributed by atoms with E-state index in [1.807, 2.05) is 0 Å². The Kier molecular flexibility index (Phi) is 4.77. The van der Waals surface area contributed by atoms with Crippen LogP contribution in [0.4, 0.5) is 4.39 Å². The predicted octanol–water partition coefficient (Wildman–Crippen LogP) is 2.38. The number of nitrogens with two attached hydrogens (primary N) is 1. The van der Waals surface area contributed by atoms with Gasteiger partial charge in [0.05, 0.1) is 13.2 Å². The van der Waals surface area contributed by atoms with Crippen LogP contribution in [0.1, 0.15) is 36.8 Å². The zero-order valence-corrected chi connectivity index (χ0v) is 12.7. The van der Waals surface area contributed by atoms with Crippen LogP contribution in [0.3, 0.4) is 0 Å². The molecular weight excluding hydrogens is 285 g/mol. The Morgan fingerprint density at radius 3 is 2.77 bits per heavy atom. The first-order valence-electron chi connectivity index (χ1n) is 7.81. The molecule has 0 aromatic heterocycles. The van der Waals surface area contributed by atoms with Crippen LogP contribution in [0.25, 0.3) is 0 Å². The monoisotopic (exact) mass is 307 g/mol. The van der Waals surface area contributed by atoms with E-state index in [9.17, 15) is 4.39 Å². The van der Waals surface area contributed by atoms with Gasteiger partial charge in [0.25, 0.3) is 0 Å². The molecule has 0 unspecified atom stereocenters. The van der Waals surface area contributed by atoms with Gasteiger partial charge in [-0.1, -0.05) is 12.8 Å². The molecule has 2 N–H and O–H groups in total. The third-order valence-corrected chi connectivity index (χ3v) is 4.09. The molecule has 6 heteroatoms. The zero-order valence-electron chi connectivity index (χ0n) is 12.7. The normalized spacial score (nSPS) is 19.3. The highest BCUT2D eigenvalue weighted by Crippen LogP contribution is 2.30. The summed E-state index contributed by atoms with van der Waals surface area (Å²) in [6.45, 7) is 2.77. The summed E-state index contributed by atoms with van der Waals surface area (Å²) < 4.78 is 24.4. The highest BCUT2D eigenvalue weighted by atomic mass is 19.1. The van der Waals surface area contributed by atoms with Crippen LogP contribution in [0.15, 0.2) is 17.1 Å². The molecule has 1 aromatic carbocycles. The van der Waals surface area contributed by atoms with E-state index in [2.05, 4.69) is 9.89 Å². The molecule has 0 saturated carbocycles. The van der Waals surface area contributed by atoms with Gasteiger partial charge >= 0.3 is 0 Å². The fourth-order valence-corrected chi connectivity index (χ4v) is 2.94. The first-order chi connectivity index (χ1) is 10.7. The number of aliphatic imine (C=N–C) groups is 1. The second-order valence-corrected chi connectivity index (χ2v) is 5.74. The van der Waals surface area contributed by atoms with Crippen molar-refractivity contribution in [2.45, 2.75) is 38.8 Å². The van der Waals surface area contributed by atoms with Crippen molar-refractivity contribution in [3.63, 3.8) is 0 Å². The van der Waals surface area contributed by atoms with Gasteiger partial charge in [0.15, 0.2) is 12.8 Å². The fraction of sp³-hybridized carbons (Fsp3) is 0.562. The minimum atomic E-state index is -0.300. The van der Waals surface area contributed by atoms with Gasteiger partial charge in [-0.3, -0.25) is 0 Å². The first-order valence-corrected chi connectivity index (χ1v) is 7.81. The van der Waals surface area contributed by atoms with Crippen LogP contribution in [-0.4, -0.2) is 30.7 Å². The molecule has 120 valence electrons. The summed E-state index contributed by atoms with van der Waals surface area (Å²) in [6, 6.07) is 2.91. The molecule has 0 atom stereocenters. The van der Waals surface area contributed by atoms with Gasteiger partial charge in [-0.25, -0.2) is 9.38 Å². The Balaban J connectivity index is 1.75. The third kappa shape index (κ3) is 3.50. The highest BCUT2D eigenvalue weighted by molar-refractivity contribution is 5.78. The van der Waals surface area contributed by atoms with E-state index >= 15 is 0 Å². The molecule has 0 radical (unpaired) electrons. The number of rotatable bonds is 2. The fourth-order valence-electron chi connectivity index (χ4n) is 2.94. The molecule has 22 heavy (non-hydrogen) atoms. The number of nitrogens with zero attached hydrogens (tertiary/aromatic N) is 2. The van der Waals surface area contributed by atoms with Gasteiger partial charge in [0.2, 0.25) is 0 Å². The van der Waals surface area contributed by atoms with Crippen LogP contribution in [0.5, 0.6) is 5.75 Å². The maximum atomic E-state index is 13.7. The van der Waals surface area contributed by atoms with Crippen molar-refractivity contribution in [2.75, 3.05) is 19.9 Å². The smallest absolute Gasteiger partial charge is 0.191 e.